The monoisotopic (exact) mass is 317 g/mol. The molecular formula is C19H15N3O2. The molecule has 0 fully saturated rings. The zero-order valence-electron chi connectivity index (χ0n) is 12.8. The van der Waals surface area contributed by atoms with Crippen LogP contribution in [-0.2, 0) is 0 Å². The Balaban J connectivity index is 1.74. The summed E-state index contributed by atoms with van der Waals surface area (Å²) in [5.74, 6) is 0.670. The summed E-state index contributed by atoms with van der Waals surface area (Å²) in [5, 5.41) is 2.99. The lowest BCUT2D eigenvalue weighted by molar-refractivity contribution is 0.0913. The van der Waals surface area contributed by atoms with Gasteiger partial charge in [-0.25, -0.2) is 4.98 Å². The first-order chi connectivity index (χ1) is 11.8. The fourth-order valence-electron chi connectivity index (χ4n) is 2.67. The van der Waals surface area contributed by atoms with E-state index in [9.17, 15) is 4.79 Å². The molecule has 0 radical (unpaired) electrons. The van der Waals surface area contributed by atoms with Crippen molar-refractivity contribution in [3.05, 3.63) is 90.1 Å². The molecule has 0 saturated carbocycles. The first kappa shape index (κ1) is 14.3. The van der Waals surface area contributed by atoms with Crippen LogP contribution in [0.5, 0.6) is 0 Å². The number of aromatic amines is 1. The molecule has 4 aromatic rings. The molecule has 0 aliphatic rings. The third-order valence-electron chi connectivity index (χ3n) is 3.83. The number of hydrogen-bond donors (Lipinski definition) is 2. The van der Waals surface area contributed by atoms with Crippen LogP contribution < -0.4 is 5.32 Å². The van der Waals surface area contributed by atoms with Gasteiger partial charge in [0.1, 0.15) is 11.9 Å². The third kappa shape index (κ3) is 2.67. The number of para-hydroxylation sites is 2. The summed E-state index contributed by atoms with van der Waals surface area (Å²) in [6, 6.07) is 20.4. The van der Waals surface area contributed by atoms with Gasteiger partial charge in [-0.05, 0) is 29.8 Å². The Kier molecular flexibility index (Phi) is 3.59. The number of nitrogens with zero attached hydrogens (tertiary/aromatic N) is 1. The molecule has 5 heteroatoms. The normalized spacial score (nSPS) is 12.2. The maximum Gasteiger partial charge on any atom is 0.287 e. The molecule has 1 atom stereocenters. The van der Waals surface area contributed by atoms with Crippen LogP contribution in [0.2, 0.25) is 0 Å². The molecule has 2 aromatic carbocycles. The molecule has 2 heterocycles. The van der Waals surface area contributed by atoms with Gasteiger partial charge < -0.3 is 14.7 Å². The number of nitrogens with one attached hydrogen (secondary N) is 2. The van der Waals surface area contributed by atoms with Crippen molar-refractivity contribution >= 4 is 16.9 Å². The van der Waals surface area contributed by atoms with Gasteiger partial charge in [0.15, 0.2) is 5.76 Å². The van der Waals surface area contributed by atoms with Crippen LogP contribution in [0.1, 0.15) is 28.0 Å². The molecule has 0 saturated heterocycles. The summed E-state index contributed by atoms with van der Waals surface area (Å²) in [5.41, 5.74) is 2.73. The molecule has 4 rings (SSSR count). The number of amides is 1. The largest absolute Gasteiger partial charge is 0.459 e. The highest BCUT2D eigenvalue weighted by Gasteiger charge is 2.22. The Morgan fingerprint density at radius 3 is 2.54 bits per heavy atom. The SMILES string of the molecule is O=C(N[C@H](c1ccccc1)c1nc2ccccc2[nH]1)c1ccco1. The maximum atomic E-state index is 12.4. The van der Waals surface area contributed by atoms with E-state index in [0.29, 0.717) is 5.82 Å². The van der Waals surface area contributed by atoms with Crippen LogP contribution in [-0.4, -0.2) is 15.9 Å². The molecule has 0 spiro atoms. The van der Waals surface area contributed by atoms with Crippen LogP contribution in [0.15, 0.2) is 77.4 Å². The molecule has 2 N–H and O–H groups in total. The lowest BCUT2D eigenvalue weighted by Crippen LogP contribution is -2.29. The van der Waals surface area contributed by atoms with Crippen molar-refractivity contribution in [2.75, 3.05) is 0 Å². The number of imidazole rings is 1. The van der Waals surface area contributed by atoms with Crippen molar-refractivity contribution in [1.82, 2.24) is 15.3 Å². The van der Waals surface area contributed by atoms with E-state index in [-0.39, 0.29) is 11.7 Å². The average Bonchev–Trinajstić information content (AvgIpc) is 3.29. The summed E-state index contributed by atoms with van der Waals surface area (Å²) < 4.78 is 5.18. The van der Waals surface area contributed by atoms with Crippen LogP contribution in [0, 0.1) is 0 Å². The standard InChI is InChI=1S/C19H15N3O2/c23-19(16-11-6-12-24-16)22-17(13-7-2-1-3-8-13)18-20-14-9-4-5-10-15(14)21-18/h1-12,17H,(H,20,21)(H,22,23)/t17-/m1/s1. The summed E-state index contributed by atoms with van der Waals surface area (Å²) in [4.78, 5) is 20.3. The number of aromatic nitrogens is 2. The second-order valence-corrected chi connectivity index (χ2v) is 5.43. The number of fused-ring (bicyclic) bond motifs is 1. The van der Waals surface area contributed by atoms with E-state index in [4.69, 9.17) is 4.42 Å². The number of carbonyl (C=O) groups excluding carboxylic acids is 1. The molecule has 5 nitrogen and oxygen atoms in total. The molecule has 0 unspecified atom stereocenters. The van der Waals surface area contributed by atoms with Crippen LogP contribution in [0.3, 0.4) is 0 Å². The third-order valence-corrected chi connectivity index (χ3v) is 3.83. The highest BCUT2D eigenvalue weighted by Crippen LogP contribution is 2.23. The lowest BCUT2D eigenvalue weighted by atomic mass is 10.1. The number of rotatable bonds is 4. The second-order valence-electron chi connectivity index (χ2n) is 5.43. The maximum absolute atomic E-state index is 12.4. The van der Waals surface area contributed by atoms with Gasteiger partial charge in [0.2, 0.25) is 0 Å². The van der Waals surface area contributed by atoms with E-state index in [1.165, 1.54) is 6.26 Å². The van der Waals surface area contributed by atoms with Gasteiger partial charge in [0, 0.05) is 0 Å². The number of hydrogen-bond acceptors (Lipinski definition) is 3. The van der Waals surface area contributed by atoms with Gasteiger partial charge in [0.25, 0.3) is 5.91 Å². The van der Waals surface area contributed by atoms with E-state index in [1.807, 2.05) is 54.6 Å². The Hall–Kier alpha value is -3.34. The van der Waals surface area contributed by atoms with E-state index < -0.39 is 6.04 Å². The van der Waals surface area contributed by atoms with Crippen LogP contribution in [0.25, 0.3) is 11.0 Å². The van der Waals surface area contributed by atoms with Gasteiger partial charge in [-0.2, -0.15) is 0 Å². The molecule has 2 aromatic heterocycles. The van der Waals surface area contributed by atoms with Crippen molar-refractivity contribution in [1.29, 1.82) is 0 Å². The molecule has 1 amide bonds. The van der Waals surface area contributed by atoms with Crippen LogP contribution in [0.4, 0.5) is 0 Å². The number of carbonyl (C=O) groups is 1. The second kappa shape index (κ2) is 6.04. The topological polar surface area (TPSA) is 70.9 Å². The van der Waals surface area contributed by atoms with Crippen LogP contribution >= 0.6 is 0 Å². The molecule has 0 aliphatic heterocycles. The van der Waals surface area contributed by atoms with E-state index >= 15 is 0 Å². The molecule has 0 bridgehead atoms. The lowest BCUT2D eigenvalue weighted by Gasteiger charge is -2.16. The van der Waals surface area contributed by atoms with E-state index in [0.717, 1.165) is 16.6 Å². The summed E-state index contributed by atoms with van der Waals surface area (Å²) in [6.45, 7) is 0. The van der Waals surface area contributed by atoms with Gasteiger partial charge >= 0.3 is 0 Å². The Labute approximate surface area is 138 Å². The molecule has 118 valence electrons. The zero-order chi connectivity index (χ0) is 16.4. The van der Waals surface area contributed by atoms with E-state index in [2.05, 4.69) is 15.3 Å². The van der Waals surface area contributed by atoms with Gasteiger partial charge in [-0.3, -0.25) is 4.79 Å². The van der Waals surface area contributed by atoms with Crippen molar-refractivity contribution in [3.8, 4) is 0 Å². The minimum absolute atomic E-state index is 0.270. The predicted molar refractivity (Wildman–Crippen MR) is 90.6 cm³/mol. The van der Waals surface area contributed by atoms with E-state index in [1.54, 1.807) is 12.1 Å². The van der Waals surface area contributed by atoms with Crippen molar-refractivity contribution in [3.63, 3.8) is 0 Å². The highest BCUT2D eigenvalue weighted by atomic mass is 16.3. The number of benzene rings is 2. The number of H-pyrrole nitrogens is 1. The average molecular weight is 317 g/mol. The first-order valence-corrected chi connectivity index (χ1v) is 7.65. The summed E-state index contributed by atoms with van der Waals surface area (Å²) >= 11 is 0. The summed E-state index contributed by atoms with van der Waals surface area (Å²) in [6.07, 6.45) is 1.48. The molecule has 24 heavy (non-hydrogen) atoms. The quantitative estimate of drug-likeness (QED) is 0.603. The molecule has 0 aliphatic carbocycles. The van der Waals surface area contributed by atoms with Crippen molar-refractivity contribution in [2.45, 2.75) is 6.04 Å². The van der Waals surface area contributed by atoms with Gasteiger partial charge in [0.05, 0.1) is 17.3 Å². The first-order valence-electron chi connectivity index (χ1n) is 7.65. The minimum atomic E-state index is -0.392. The molecular weight excluding hydrogens is 302 g/mol. The van der Waals surface area contributed by atoms with Gasteiger partial charge in [-0.15, -0.1) is 0 Å². The Morgan fingerprint density at radius 2 is 1.79 bits per heavy atom. The Morgan fingerprint density at radius 1 is 1.00 bits per heavy atom. The van der Waals surface area contributed by atoms with Crippen molar-refractivity contribution < 1.29 is 9.21 Å². The fraction of sp³-hybridized carbons (Fsp3) is 0.0526. The summed E-state index contributed by atoms with van der Waals surface area (Å²) in [7, 11) is 0. The van der Waals surface area contributed by atoms with Crippen molar-refractivity contribution in [2.24, 2.45) is 0 Å². The minimum Gasteiger partial charge on any atom is -0.459 e. The highest BCUT2D eigenvalue weighted by molar-refractivity contribution is 5.92. The number of furan rings is 1. The fourth-order valence-corrected chi connectivity index (χ4v) is 2.67. The smallest absolute Gasteiger partial charge is 0.287 e. The Bertz CT molecular complexity index is 926. The zero-order valence-corrected chi connectivity index (χ0v) is 12.8. The predicted octanol–water partition coefficient (Wildman–Crippen LogP) is 3.68. The van der Waals surface area contributed by atoms with Gasteiger partial charge in [-0.1, -0.05) is 42.5 Å².